The maximum atomic E-state index is 12.9. The molecule has 0 radical (unpaired) electrons. The number of benzene rings is 1. The minimum absolute atomic E-state index is 0.0483. The first-order valence-corrected chi connectivity index (χ1v) is 10.6. The molecule has 0 bridgehead atoms. The van der Waals surface area contributed by atoms with Gasteiger partial charge in [-0.15, -0.1) is 0 Å². The van der Waals surface area contributed by atoms with Crippen LogP contribution in [-0.4, -0.2) is 35.8 Å². The van der Waals surface area contributed by atoms with Crippen LogP contribution in [0.15, 0.2) is 34.1 Å². The molecule has 0 aliphatic carbocycles. The Kier molecular flexibility index (Phi) is 5.47. The van der Waals surface area contributed by atoms with Gasteiger partial charge in [0.15, 0.2) is 9.84 Å². The van der Waals surface area contributed by atoms with E-state index in [1.165, 1.54) is 19.1 Å². The zero-order valence-electron chi connectivity index (χ0n) is 15.6. The molecule has 0 unspecified atom stereocenters. The number of hydrogen-bond donors (Lipinski definition) is 1. The quantitative estimate of drug-likeness (QED) is 0.739. The minimum atomic E-state index is -4.56. The highest BCUT2D eigenvalue weighted by molar-refractivity contribution is 7.91. The first-order chi connectivity index (χ1) is 13.9. The second-order valence-electron chi connectivity index (χ2n) is 6.89. The Morgan fingerprint density at radius 1 is 1.37 bits per heavy atom. The SMILES string of the molecule is Cc1c(C=Nc2cccc(C(F)(F)F)c2)c(O)n([C@@H]2CCS(=O)(=O)C2)c(=O)c1C#N. The number of rotatable bonds is 3. The fourth-order valence-corrected chi connectivity index (χ4v) is 5.01. The number of pyridine rings is 1. The highest BCUT2D eigenvalue weighted by Crippen LogP contribution is 2.32. The van der Waals surface area contributed by atoms with Gasteiger partial charge in [-0.3, -0.25) is 14.4 Å². The normalized spacial score (nSPS) is 18.6. The fourth-order valence-electron chi connectivity index (χ4n) is 3.31. The number of nitrogens with zero attached hydrogens (tertiary/aromatic N) is 3. The Hall–Kier alpha value is -3.13. The molecule has 1 aromatic carbocycles. The molecule has 0 spiro atoms. The van der Waals surface area contributed by atoms with Crippen LogP contribution in [0.5, 0.6) is 5.88 Å². The Morgan fingerprint density at radius 3 is 2.63 bits per heavy atom. The molecule has 7 nitrogen and oxygen atoms in total. The van der Waals surface area contributed by atoms with Gasteiger partial charge < -0.3 is 5.11 Å². The summed E-state index contributed by atoms with van der Waals surface area (Å²) in [5, 5.41) is 20.0. The molecule has 3 rings (SSSR count). The van der Waals surface area contributed by atoms with Crippen LogP contribution in [0.4, 0.5) is 18.9 Å². The number of aliphatic imine (C=N–C) groups is 1. The number of sulfone groups is 1. The zero-order chi connectivity index (χ0) is 22.3. The van der Waals surface area contributed by atoms with E-state index in [0.29, 0.717) is 0 Å². The van der Waals surface area contributed by atoms with Crippen molar-refractivity contribution >= 4 is 21.7 Å². The van der Waals surface area contributed by atoms with Crippen molar-refractivity contribution in [2.24, 2.45) is 4.99 Å². The van der Waals surface area contributed by atoms with Crippen LogP contribution in [0, 0.1) is 18.3 Å². The van der Waals surface area contributed by atoms with E-state index >= 15 is 0 Å². The van der Waals surface area contributed by atoms with E-state index < -0.39 is 39.1 Å². The molecule has 30 heavy (non-hydrogen) atoms. The number of nitriles is 1. The summed E-state index contributed by atoms with van der Waals surface area (Å²) in [6.45, 7) is 1.39. The maximum Gasteiger partial charge on any atom is 0.416 e. The van der Waals surface area contributed by atoms with Crippen molar-refractivity contribution in [2.45, 2.75) is 25.6 Å². The second kappa shape index (κ2) is 7.60. The van der Waals surface area contributed by atoms with Crippen LogP contribution < -0.4 is 5.56 Å². The molecule has 1 atom stereocenters. The van der Waals surface area contributed by atoms with Crippen LogP contribution in [0.25, 0.3) is 0 Å². The molecular formula is C19H16F3N3O4S. The standard InChI is InChI=1S/C19H16F3N3O4S/c1-11-15(8-23)17(26)25(14-5-6-30(28,29)10-14)18(27)16(11)9-24-13-4-2-3-12(7-13)19(20,21)22/h2-4,7,9,14,27H,5-6,10H2,1H3/t14-/m1/s1. The van der Waals surface area contributed by atoms with Crippen molar-refractivity contribution in [1.29, 1.82) is 5.26 Å². The van der Waals surface area contributed by atoms with E-state index in [1.54, 1.807) is 6.07 Å². The van der Waals surface area contributed by atoms with Gasteiger partial charge in [0.25, 0.3) is 5.56 Å². The predicted octanol–water partition coefficient (Wildman–Crippen LogP) is 2.86. The van der Waals surface area contributed by atoms with Crippen molar-refractivity contribution in [3.63, 3.8) is 0 Å². The minimum Gasteiger partial charge on any atom is -0.494 e. The summed E-state index contributed by atoms with van der Waals surface area (Å²) >= 11 is 0. The molecule has 2 aromatic rings. The smallest absolute Gasteiger partial charge is 0.416 e. The number of hydrogen-bond acceptors (Lipinski definition) is 6. The highest BCUT2D eigenvalue weighted by atomic mass is 32.2. The summed E-state index contributed by atoms with van der Waals surface area (Å²) in [7, 11) is -3.39. The molecule has 2 heterocycles. The van der Waals surface area contributed by atoms with Gasteiger partial charge >= 0.3 is 6.18 Å². The lowest BCUT2D eigenvalue weighted by Crippen LogP contribution is -2.29. The van der Waals surface area contributed by atoms with E-state index in [4.69, 9.17) is 0 Å². The summed E-state index contributed by atoms with van der Waals surface area (Å²) in [5.74, 6) is -1.11. The summed E-state index contributed by atoms with van der Waals surface area (Å²) < 4.78 is 63.1. The van der Waals surface area contributed by atoms with Crippen LogP contribution >= 0.6 is 0 Å². The van der Waals surface area contributed by atoms with Gasteiger partial charge in [0.1, 0.15) is 11.6 Å². The molecule has 158 valence electrons. The fraction of sp³-hybridized carbons (Fsp3) is 0.316. The summed E-state index contributed by atoms with van der Waals surface area (Å²) in [6.07, 6.45) is -3.41. The highest BCUT2D eigenvalue weighted by Gasteiger charge is 2.33. The van der Waals surface area contributed by atoms with Crippen molar-refractivity contribution in [1.82, 2.24) is 4.57 Å². The van der Waals surface area contributed by atoms with E-state index in [9.17, 15) is 36.8 Å². The van der Waals surface area contributed by atoms with Gasteiger partial charge in [0.05, 0.1) is 34.4 Å². The van der Waals surface area contributed by atoms with Gasteiger partial charge in [-0.1, -0.05) is 6.07 Å². The molecule has 11 heteroatoms. The van der Waals surface area contributed by atoms with Crippen LogP contribution in [0.1, 0.15) is 34.7 Å². The van der Waals surface area contributed by atoms with Gasteiger partial charge in [-0.05, 0) is 37.1 Å². The lowest BCUT2D eigenvalue weighted by molar-refractivity contribution is -0.137. The maximum absolute atomic E-state index is 12.9. The number of aromatic hydroxyl groups is 1. The van der Waals surface area contributed by atoms with Crippen LogP contribution in [0.2, 0.25) is 0 Å². The van der Waals surface area contributed by atoms with Gasteiger partial charge in [0.2, 0.25) is 5.88 Å². The Bertz CT molecular complexity index is 1240. The molecule has 1 aromatic heterocycles. The Balaban J connectivity index is 2.12. The van der Waals surface area contributed by atoms with E-state index in [-0.39, 0.29) is 40.3 Å². The number of aromatic nitrogens is 1. The first kappa shape index (κ1) is 21.6. The Labute approximate surface area is 169 Å². The second-order valence-corrected chi connectivity index (χ2v) is 9.12. The van der Waals surface area contributed by atoms with Gasteiger partial charge in [-0.25, -0.2) is 8.42 Å². The molecule has 1 aliphatic heterocycles. The molecule has 1 fully saturated rings. The van der Waals surface area contributed by atoms with Crippen LogP contribution in [0.3, 0.4) is 0 Å². The van der Waals surface area contributed by atoms with Crippen LogP contribution in [-0.2, 0) is 16.0 Å². The molecule has 0 amide bonds. The predicted molar refractivity (Wildman–Crippen MR) is 103 cm³/mol. The third-order valence-electron chi connectivity index (χ3n) is 4.88. The monoisotopic (exact) mass is 439 g/mol. The van der Waals surface area contributed by atoms with Gasteiger partial charge in [-0.2, -0.15) is 18.4 Å². The zero-order valence-corrected chi connectivity index (χ0v) is 16.5. The van der Waals surface area contributed by atoms with E-state index in [0.717, 1.165) is 22.9 Å². The third kappa shape index (κ3) is 4.09. The van der Waals surface area contributed by atoms with E-state index in [1.807, 2.05) is 0 Å². The average molecular weight is 439 g/mol. The van der Waals surface area contributed by atoms with Crippen molar-refractivity contribution in [3.05, 3.63) is 56.9 Å². The molecule has 0 saturated carbocycles. The lowest BCUT2D eigenvalue weighted by atomic mass is 10.0. The molecule has 1 saturated heterocycles. The number of halogens is 3. The third-order valence-corrected chi connectivity index (χ3v) is 6.63. The summed E-state index contributed by atoms with van der Waals surface area (Å²) in [4.78, 5) is 16.6. The van der Waals surface area contributed by atoms with Crippen molar-refractivity contribution in [2.75, 3.05) is 11.5 Å². The first-order valence-electron chi connectivity index (χ1n) is 8.74. The van der Waals surface area contributed by atoms with Crippen molar-refractivity contribution < 1.29 is 26.7 Å². The summed E-state index contributed by atoms with van der Waals surface area (Å²) in [5.41, 5.74) is -2.05. The van der Waals surface area contributed by atoms with Gasteiger partial charge in [0, 0.05) is 6.21 Å². The van der Waals surface area contributed by atoms with Crippen molar-refractivity contribution in [3.8, 4) is 11.9 Å². The lowest BCUT2D eigenvalue weighted by Gasteiger charge is -2.18. The topological polar surface area (TPSA) is 113 Å². The average Bonchev–Trinajstić information content (AvgIpc) is 3.01. The molecular weight excluding hydrogens is 423 g/mol. The molecule has 1 N–H and O–H groups in total. The molecule has 1 aliphatic rings. The summed E-state index contributed by atoms with van der Waals surface area (Å²) in [6, 6.07) is 5.08. The Morgan fingerprint density at radius 2 is 2.07 bits per heavy atom. The largest absolute Gasteiger partial charge is 0.494 e. The van der Waals surface area contributed by atoms with E-state index in [2.05, 4.69) is 4.99 Å². The number of alkyl halides is 3.